The first kappa shape index (κ1) is 7.50. The van der Waals surface area contributed by atoms with E-state index < -0.39 is 0 Å². The molecule has 0 saturated carbocycles. The van der Waals surface area contributed by atoms with Gasteiger partial charge in [0.2, 0.25) is 0 Å². The molecular formula is C9H9ClN2. The van der Waals surface area contributed by atoms with Crippen LogP contribution in [0, 0.1) is 6.92 Å². The third kappa shape index (κ3) is 0.883. The molecule has 62 valence electrons. The minimum atomic E-state index is 0.789. The maximum absolute atomic E-state index is 6.07. The molecule has 0 spiro atoms. The molecule has 2 aromatic rings. The molecule has 1 aromatic heterocycles. The molecule has 0 radical (unpaired) electrons. The number of rotatable bonds is 0. The first-order valence-corrected chi connectivity index (χ1v) is 4.09. The smallest absolute Gasteiger partial charge is 0.0705 e. The largest absolute Gasteiger partial charge is 0.339 e. The van der Waals surface area contributed by atoms with E-state index >= 15 is 0 Å². The van der Waals surface area contributed by atoms with Gasteiger partial charge in [0.05, 0.1) is 10.5 Å². The second kappa shape index (κ2) is 2.42. The van der Waals surface area contributed by atoms with E-state index in [9.17, 15) is 0 Å². The van der Waals surface area contributed by atoms with Crippen LogP contribution in [0.15, 0.2) is 24.4 Å². The number of hydrogen-bond donors (Lipinski definition) is 1. The average Bonchev–Trinajstić information content (AvgIpc) is 2.41. The molecule has 12 heavy (non-hydrogen) atoms. The Morgan fingerprint density at radius 2 is 2.08 bits per heavy atom. The number of hydrogen-bond acceptors (Lipinski definition) is 1. The fourth-order valence-corrected chi connectivity index (χ4v) is 1.53. The van der Waals surface area contributed by atoms with E-state index in [0.717, 1.165) is 21.5 Å². The van der Waals surface area contributed by atoms with Gasteiger partial charge in [0.1, 0.15) is 0 Å². The van der Waals surface area contributed by atoms with Gasteiger partial charge in [-0.2, -0.15) is 0 Å². The topological polar surface area (TPSA) is 30.9 Å². The lowest BCUT2D eigenvalue weighted by atomic mass is 10.2. The molecule has 0 fully saturated rings. The van der Waals surface area contributed by atoms with Crippen molar-refractivity contribution in [1.29, 1.82) is 0 Å². The molecule has 0 saturated heterocycles. The fraction of sp³-hybridized carbons (Fsp3) is 0.111. The summed E-state index contributed by atoms with van der Waals surface area (Å²) >= 11 is 6.07. The maximum Gasteiger partial charge on any atom is 0.0705 e. The third-order valence-corrected chi connectivity index (χ3v) is 2.53. The minimum absolute atomic E-state index is 0.789. The van der Waals surface area contributed by atoms with Crippen molar-refractivity contribution in [2.24, 2.45) is 0 Å². The van der Waals surface area contributed by atoms with Crippen molar-refractivity contribution in [2.45, 2.75) is 6.92 Å². The standard InChI is InChI=1S/C9H9ClN2/c1-6-2-3-8-7(9(6)10)4-5-12(8)11/h2-5H,11H2,1H3. The van der Waals surface area contributed by atoms with Crippen LogP contribution in [0.3, 0.4) is 0 Å². The van der Waals surface area contributed by atoms with Crippen LogP contribution in [0.2, 0.25) is 5.02 Å². The Bertz CT molecular complexity index is 431. The lowest BCUT2D eigenvalue weighted by molar-refractivity contribution is 1.07. The molecule has 0 atom stereocenters. The molecular weight excluding hydrogens is 172 g/mol. The quantitative estimate of drug-likeness (QED) is 0.620. The second-order valence-electron chi connectivity index (χ2n) is 2.85. The number of halogens is 1. The van der Waals surface area contributed by atoms with Gasteiger partial charge in [-0.3, -0.25) is 4.68 Å². The van der Waals surface area contributed by atoms with Gasteiger partial charge in [-0.05, 0) is 24.6 Å². The van der Waals surface area contributed by atoms with Crippen LogP contribution in [-0.4, -0.2) is 4.68 Å². The second-order valence-corrected chi connectivity index (χ2v) is 3.23. The average molecular weight is 181 g/mol. The number of nitrogens with two attached hydrogens (primary N) is 1. The molecule has 0 aliphatic rings. The van der Waals surface area contributed by atoms with Gasteiger partial charge in [0.15, 0.2) is 0 Å². The lowest BCUT2D eigenvalue weighted by Gasteiger charge is -2.00. The van der Waals surface area contributed by atoms with E-state index in [0.29, 0.717) is 0 Å². The third-order valence-electron chi connectivity index (χ3n) is 2.03. The van der Waals surface area contributed by atoms with E-state index in [1.54, 1.807) is 10.9 Å². The summed E-state index contributed by atoms with van der Waals surface area (Å²) in [7, 11) is 0. The summed E-state index contributed by atoms with van der Waals surface area (Å²) in [6, 6.07) is 5.86. The van der Waals surface area contributed by atoms with Gasteiger partial charge in [-0.1, -0.05) is 17.7 Å². The Morgan fingerprint density at radius 3 is 2.83 bits per heavy atom. The monoisotopic (exact) mass is 180 g/mol. The van der Waals surface area contributed by atoms with Crippen molar-refractivity contribution in [3.8, 4) is 0 Å². The zero-order chi connectivity index (χ0) is 8.72. The summed E-state index contributed by atoms with van der Waals surface area (Å²) in [4.78, 5) is 0. The van der Waals surface area contributed by atoms with Crippen LogP contribution in [0.5, 0.6) is 0 Å². The number of nitrogens with zero attached hydrogens (tertiary/aromatic N) is 1. The highest BCUT2D eigenvalue weighted by molar-refractivity contribution is 6.36. The molecule has 3 heteroatoms. The molecule has 1 aromatic carbocycles. The molecule has 2 N–H and O–H groups in total. The van der Waals surface area contributed by atoms with Crippen LogP contribution in [0.1, 0.15) is 5.56 Å². The van der Waals surface area contributed by atoms with Crippen molar-refractivity contribution >= 4 is 22.5 Å². The highest BCUT2D eigenvalue weighted by Gasteiger charge is 2.04. The highest BCUT2D eigenvalue weighted by atomic mass is 35.5. The predicted octanol–water partition coefficient (Wildman–Crippen LogP) is 2.32. The van der Waals surface area contributed by atoms with Crippen molar-refractivity contribution < 1.29 is 0 Å². The Balaban J connectivity index is 2.93. The normalized spacial score (nSPS) is 10.8. The summed E-state index contributed by atoms with van der Waals surface area (Å²) in [6.45, 7) is 1.98. The minimum Gasteiger partial charge on any atom is -0.339 e. The summed E-state index contributed by atoms with van der Waals surface area (Å²) in [5.41, 5.74) is 2.04. The summed E-state index contributed by atoms with van der Waals surface area (Å²) in [6.07, 6.45) is 1.80. The van der Waals surface area contributed by atoms with Gasteiger partial charge in [0.25, 0.3) is 0 Å². The zero-order valence-corrected chi connectivity index (χ0v) is 7.47. The Labute approximate surface area is 75.5 Å². The number of fused-ring (bicyclic) bond motifs is 1. The highest BCUT2D eigenvalue weighted by Crippen LogP contribution is 2.26. The molecule has 0 unspecified atom stereocenters. The van der Waals surface area contributed by atoms with Crippen LogP contribution in [0.25, 0.3) is 10.9 Å². The Hall–Kier alpha value is -1.15. The molecule has 0 aliphatic heterocycles. The lowest BCUT2D eigenvalue weighted by Crippen LogP contribution is -2.04. The number of nitrogen functional groups attached to an aromatic ring is 1. The number of aryl methyl sites for hydroxylation is 1. The van der Waals surface area contributed by atoms with Crippen molar-refractivity contribution in [1.82, 2.24) is 4.68 Å². The zero-order valence-electron chi connectivity index (χ0n) is 6.71. The fourth-order valence-electron chi connectivity index (χ4n) is 1.31. The first-order chi connectivity index (χ1) is 5.70. The van der Waals surface area contributed by atoms with Crippen molar-refractivity contribution in [3.63, 3.8) is 0 Å². The van der Waals surface area contributed by atoms with E-state index in [-0.39, 0.29) is 0 Å². The van der Waals surface area contributed by atoms with Crippen LogP contribution >= 0.6 is 11.6 Å². The van der Waals surface area contributed by atoms with Gasteiger partial charge in [-0.25, -0.2) is 0 Å². The Kier molecular flexibility index (Phi) is 1.51. The van der Waals surface area contributed by atoms with E-state index in [1.165, 1.54) is 0 Å². The first-order valence-electron chi connectivity index (χ1n) is 3.71. The molecule has 0 bridgehead atoms. The molecule has 0 amide bonds. The van der Waals surface area contributed by atoms with Gasteiger partial charge >= 0.3 is 0 Å². The van der Waals surface area contributed by atoms with Crippen molar-refractivity contribution in [2.75, 3.05) is 5.84 Å². The van der Waals surface area contributed by atoms with Gasteiger partial charge in [-0.15, -0.1) is 0 Å². The van der Waals surface area contributed by atoms with Crippen molar-refractivity contribution in [3.05, 3.63) is 35.0 Å². The SMILES string of the molecule is Cc1ccc2c(ccn2N)c1Cl. The van der Waals surface area contributed by atoms with Gasteiger partial charge in [0, 0.05) is 11.6 Å². The molecule has 0 aliphatic carbocycles. The van der Waals surface area contributed by atoms with E-state index in [2.05, 4.69) is 0 Å². The summed E-state index contributed by atoms with van der Waals surface area (Å²) in [5, 5.41) is 1.80. The van der Waals surface area contributed by atoms with Crippen LogP contribution < -0.4 is 5.84 Å². The summed E-state index contributed by atoms with van der Waals surface area (Å²) in [5.74, 6) is 5.65. The predicted molar refractivity (Wildman–Crippen MR) is 51.8 cm³/mol. The molecule has 2 rings (SSSR count). The van der Waals surface area contributed by atoms with Gasteiger partial charge < -0.3 is 5.84 Å². The summed E-state index contributed by atoms with van der Waals surface area (Å²) < 4.78 is 1.57. The van der Waals surface area contributed by atoms with Crippen LogP contribution in [-0.2, 0) is 0 Å². The van der Waals surface area contributed by atoms with Crippen LogP contribution in [0.4, 0.5) is 0 Å². The molecule has 2 nitrogen and oxygen atoms in total. The Morgan fingerprint density at radius 1 is 1.33 bits per heavy atom. The van der Waals surface area contributed by atoms with E-state index in [1.807, 2.05) is 25.1 Å². The number of benzene rings is 1. The number of aromatic nitrogens is 1. The maximum atomic E-state index is 6.07. The molecule has 1 heterocycles. The van der Waals surface area contributed by atoms with E-state index in [4.69, 9.17) is 17.4 Å².